The molecule has 0 spiro atoms. The average Bonchev–Trinajstić information content (AvgIpc) is 3.04. The summed E-state index contributed by atoms with van der Waals surface area (Å²) in [6, 6.07) is 12.5. The van der Waals surface area contributed by atoms with E-state index in [1.165, 1.54) is 5.56 Å². The van der Waals surface area contributed by atoms with E-state index in [-0.39, 0.29) is 24.1 Å². The Morgan fingerprint density at radius 1 is 1.15 bits per heavy atom. The van der Waals surface area contributed by atoms with Crippen molar-refractivity contribution in [2.75, 3.05) is 40.9 Å². The van der Waals surface area contributed by atoms with Gasteiger partial charge in [-0.2, -0.15) is 0 Å². The van der Waals surface area contributed by atoms with Crippen LogP contribution in [0.5, 0.6) is 5.75 Å². The number of carbonyl (C=O) groups excluding carboxylic acids is 2. The number of nitrogens with zero attached hydrogens (tertiary/aromatic N) is 1. The van der Waals surface area contributed by atoms with E-state index >= 15 is 0 Å². The molecule has 266 valence electrons. The van der Waals surface area contributed by atoms with Gasteiger partial charge in [0.15, 0.2) is 0 Å². The Morgan fingerprint density at radius 3 is 2.40 bits per heavy atom. The number of aliphatic hydroxyl groups excluding tert-OH is 2. The number of benzene rings is 2. The van der Waals surface area contributed by atoms with Crippen molar-refractivity contribution in [1.29, 1.82) is 0 Å². The number of amides is 2. The monoisotopic (exact) mass is 683 g/mol. The zero-order chi connectivity index (χ0) is 35.8. The first-order valence-corrected chi connectivity index (χ1v) is 17.6. The summed E-state index contributed by atoms with van der Waals surface area (Å²) in [5.41, 5.74) is 3.20. The predicted octanol–water partition coefficient (Wildman–Crippen LogP) is 4.84. The SMILES string of the molecule is CCC(C)c1cc(OC)c(C2OC(CO)CC(O)C2P)cc1Cc1ccc(C=CC(C)(C)C(=O)NC(C)(C)C(=O)NCCN(C)C)cc1. The van der Waals surface area contributed by atoms with E-state index in [9.17, 15) is 19.8 Å². The number of rotatable bonds is 15. The van der Waals surface area contributed by atoms with Crippen LogP contribution in [0.2, 0.25) is 0 Å². The Hall–Kier alpha value is -2.81. The average molecular weight is 684 g/mol. The molecule has 6 atom stereocenters. The molecule has 6 unspecified atom stereocenters. The Balaban J connectivity index is 1.79. The lowest BCUT2D eigenvalue weighted by Gasteiger charge is -2.38. The second kappa shape index (κ2) is 17.2. The first-order chi connectivity index (χ1) is 22.5. The van der Waals surface area contributed by atoms with Crippen LogP contribution in [0, 0.1) is 5.41 Å². The number of hydrogen-bond donors (Lipinski definition) is 4. The van der Waals surface area contributed by atoms with E-state index in [0.717, 1.165) is 34.4 Å². The molecule has 2 aromatic rings. The molecule has 0 aromatic heterocycles. The molecule has 1 aliphatic heterocycles. The van der Waals surface area contributed by atoms with Crippen LogP contribution in [-0.4, -0.2) is 91.2 Å². The highest BCUT2D eigenvalue weighted by molar-refractivity contribution is 7.17. The maximum absolute atomic E-state index is 13.2. The van der Waals surface area contributed by atoms with Crippen molar-refractivity contribution in [1.82, 2.24) is 15.5 Å². The molecule has 1 fully saturated rings. The maximum atomic E-state index is 13.2. The van der Waals surface area contributed by atoms with Crippen molar-refractivity contribution in [3.05, 3.63) is 70.3 Å². The lowest BCUT2D eigenvalue weighted by molar-refractivity contribution is -0.135. The van der Waals surface area contributed by atoms with Crippen LogP contribution < -0.4 is 15.4 Å². The molecule has 4 N–H and O–H groups in total. The van der Waals surface area contributed by atoms with Crippen LogP contribution >= 0.6 is 9.24 Å². The summed E-state index contributed by atoms with van der Waals surface area (Å²) in [7, 11) is 8.26. The Morgan fingerprint density at radius 2 is 1.81 bits per heavy atom. The van der Waals surface area contributed by atoms with Gasteiger partial charge in [0, 0.05) is 30.7 Å². The second-order valence-electron chi connectivity index (χ2n) is 14.5. The fraction of sp³-hybridized carbons (Fsp3) is 0.579. The van der Waals surface area contributed by atoms with Gasteiger partial charge in [0.2, 0.25) is 11.8 Å². The third-order valence-electron chi connectivity index (χ3n) is 9.27. The van der Waals surface area contributed by atoms with Gasteiger partial charge in [0.1, 0.15) is 11.3 Å². The molecule has 1 saturated heterocycles. The molecule has 0 saturated carbocycles. The van der Waals surface area contributed by atoms with Gasteiger partial charge in [0.05, 0.1) is 37.4 Å². The van der Waals surface area contributed by atoms with Crippen LogP contribution in [-0.2, 0) is 20.7 Å². The molecule has 0 bridgehead atoms. The van der Waals surface area contributed by atoms with Crippen molar-refractivity contribution >= 4 is 27.1 Å². The number of aliphatic hydroxyl groups is 2. The number of carbonyl (C=O) groups is 2. The van der Waals surface area contributed by atoms with Gasteiger partial charge in [-0.15, -0.1) is 9.24 Å². The Labute approximate surface area is 290 Å². The molecule has 1 heterocycles. The van der Waals surface area contributed by atoms with Crippen molar-refractivity contribution in [3.63, 3.8) is 0 Å². The fourth-order valence-corrected chi connectivity index (χ4v) is 6.19. The van der Waals surface area contributed by atoms with Crippen LogP contribution in [0.4, 0.5) is 0 Å². The minimum Gasteiger partial charge on any atom is -0.496 e. The minimum absolute atomic E-state index is 0.153. The highest BCUT2D eigenvalue weighted by atomic mass is 31.0. The van der Waals surface area contributed by atoms with Crippen LogP contribution in [0.25, 0.3) is 6.08 Å². The van der Waals surface area contributed by atoms with Gasteiger partial charge in [-0.3, -0.25) is 9.59 Å². The topological polar surface area (TPSA) is 120 Å². The Bertz CT molecular complexity index is 1410. The number of hydrogen-bond acceptors (Lipinski definition) is 7. The summed E-state index contributed by atoms with van der Waals surface area (Å²) in [6.45, 7) is 12.5. The van der Waals surface area contributed by atoms with E-state index in [2.05, 4.69) is 58.0 Å². The normalized spacial score (nSPS) is 20.9. The third kappa shape index (κ3) is 10.3. The number of likely N-dealkylation sites (N-methyl/N-ethyl adjacent to an activating group) is 1. The molecule has 2 aromatic carbocycles. The first kappa shape index (κ1) is 39.6. The van der Waals surface area contributed by atoms with Crippen molar-refractivity contribution < 1.29 is 29.3 Å². The van der Waals surface area contributed by atoms with Gasteiger partial charge in [0.25, 0.3) is 0 Å². The lowest BCUT2D eigenvalue weighted by atomic mass is 9.86. The standard InChI is InChI=1S/C38H58N3O6P/c1-10-24(2)29-22-32(46-9)30(33-34(48)31(43)21-28(23-42)47-33)20-27(29)19-26-13-11-25(12-14-26)15-16-37(3,4)35(44)40-38(5,6)36(45)39-17-18-41(7)8/h11-16,20,22,24,28,31,33-34,42-43H,10,17-19,21,23,48H2,1-9H3,(H,39,45)(H,40,44). The maximum Gasteiger partial charge on any atom is 0.245 e. The summed E-state index contributed by atoms with van der Waals surface area (Å²) < 4.78 is 12.1. The largest absolute Gasteiger partial charge is 0.496 e. The molecule has 10 heteroatoms. The summed E-state index contributed by atoms with van der Waals surface area (Å²) in [5.74, 6) is 0.573. The summed E-state index contributed by atoms with van der Waals surface area (Å²) >= 11 is 0. The molecule has 2 amide bonds. The molecule has 1 aliphatic rings. The Kier molecular flexibility index (Phi) is 14.2. The fourth-order valence-electron chi connectivity index (χ4n) is 5.73. The number of methoxy groups -OCH3 is 1. The highest BCUT2D eigenvalue weighted by Crippen LogP contribution is 2.43. The number of ether oxygens (including phenoxy) is 2. The molecule has 0 aliphatic carbocycles. The van der Waals surface area contributed by atoms with Crippen LogP contribution in [0.1, 0.15) is 94.2 Å². The second-order valence-corrected chi connectivity index (χ2v) is 15.2. The molecular weight excluding hydrogens is 625 g/mol. The van der Waals surface area contributed by atoms with Crippen LogP contribution in [0.3, 0.4) is 0 Å². The van der Waals surface area contributed by atoms with Gasteiger partial charge < -0.3 is 35.2 Å². The van der Waals surface area contributed by atoms with Gasteiger partial charge in [-0.05, 0) is 94.9 Å². The molecule has 3 rings (SSSR count). The van der Waals surface area contributed by atoms with Gasteiger partial charge in [-0.25, -0.2) is 0 Å². The quantitative estimate of drug-likeness (QED) is 0.199. The summed E-state index contributed by atoms with van der Waals surface area (Å²) in [4.78, 5) is 27.9. The molecule has 48 heavy (non-hydrogen) atoms. The lowest BCUT2D eigenvalue weighted by Crippen LogP contribution is -2.57. The molecular formula is C38H58N3O6P. The first-order valence-electron chi connectivity index (χ1n) is 17.0. The zero-order valence-electron chi connectivity index (χ0n) is 30.3. The van der Waals surface area contributed by atoms with Crippen molar-refractivity contribution in [2.24, 2.45) is 5.41 Å². The van der Waals surface area contributed by atoms with E-state index in [1.807, 2.05) is 57.1 Å². The van der Waals surface area contributed by atoms with Gasteiger partial charge >= 0.3 is 0 Å². The predicted molar refractivity (Wildman–Crippen MR) is 196 cm³/mol. The van der Waals surface area contributed by atoms with Crippen molar-refractivity contribution in [3.8, 4) is 5.75 Å². The van der Waals surface area contributed by atoms with Crippen molar-refractivity contribution in [2.45, 2.75) is 96.2 Å². The smallest absolute Gasteiger partial charge is 0.245 e. The third-order valence-corrected chi connectivity index (χ3v) is 10.1. The highest BCUT2D eigenvalue weighted by Gasteiger charge is 2.38. The summed E-state index contributed by atoms with van der Waals surface area (Å²) in [6.07, 6.45) is 4.36. The van der Waals surface area contributed by atoms with E-state index in [0.29, 0.717) is 31.8 Å². The minimum atomic E-state index is -1.05. The summed E-state index contributed by atoms with van der Waals surface area (Å²) in [5, 5.41) is 26.3. The number of nitrogens with one attached hydrogen (secondary N) is 2. The molecule has 0 radical (unpaired) electrons. The zero-order valence-corrected chi connectivity index (χ0v) is 31.5. The van der Waals surface area contributed by atoms with Gasteiger partial charge in [-0.1, -0.05) is 50.3 Å². The van der Waals surface area contributed by atoms with E-state index < -0.39 is 29.3 Å². The van der Waals surface area contributed by atoms with Crippen LogP contribution in [0.15, 0.2) is 42.5 Å². The van der Waals surface area contributed by atoms with E-state index in [4.69, 9.17) is 9.47 Å². The molecule has 9 nitrogen and oxygen atoms in total. The van der Waals surface area contributed by atoms with E-state index in [1.54, 1.807) is 21.0 Å².